The minimum Gasteiger partial charge on any atom is -0.497 e. The molecule has 134 valence electrons. The Morgan fingerprint density at radius 2 is 2.12 bits per heavy atom. The molecule has 0 atom stereocenters. The van der Waals surface area contributed by atoms with E-state index in [9.17, 15) is 4.79 Å². The first-order valence-corrected chi connectivity index (χ1v) is 9.45. The lowest BCUT2D eigenvalue weighted by Gasteiger charge is -2.09. The molecule has 26 heavy (non-hydrogen) atoms. The van der Waals surface area contributed by atoms with E-state index in [0.717, 1.165) is 52.5 Å². The zero-order valence-electron chi connectivity index (χ0n) is 14.4. The molecule has 0 radical (unpaired) electrons. The second-order valence-corrected chi connectivity index (χ2v) is 7.34. The molecule has 1 amide bonds. The maximum atomic E-state index is 12.4. The monoisotopic (exact) mass is 414 g/mol. The van der Waals surface area contributed by atoms with Crippen molar-refractivity contribution in [3.63, 3.8) is 0 Å². The van der Waals surface area contributed by atoms with Crippen LogP contribution in [-0.4, -0.2) is 28.2 Å². The number of pyridine rings is 1. The Balaban J connectivity index is 1.67. The van der Waals surface area contributed by atoms with Crippen LogP contribution in [0, 0.1) is 5.92 Å². The number of anilines is 1. The number of hydrogen-bond acceptors (Lipinski definition) is 4. The molecule has 3 aromatic rings. The van der Waals surface area contributed by atoms with E-state index in [1.165, 1.54) is 0 Å². The molecule has 1 aromatic carbocycles. The molecule has 2 aromatic heterocycles. The van der Waals surface area contributed by atoms with E-state index in [-0.39, 0.29) is 11.8 Å². The molecule has 0 aliphatic heterocycles. The fourth-order valence-corrected chi connectivity index (χ4v) is 3.95. The number of carbonyl (C=O) groups excluding carboxylic acids is 1. The zero-order valence-corrected chi connectivity index (χ0v) is 16.0. The second-order valence-electron chi connectivity index (χ2n) is 6.49. The average molecular weight is 415 g/mol. The van der Waals surface area contributed by atoms with Gasteiger partial charge in [0.2, 0.25) is 5.91 Å². The van der Waals surface area contributed by atoms with Crippen molar-refractivity contribution in [2.24, 2.45) is 5.92 Å². The van der Waals surface area contributed by atoms with E-state index >= 15 is 0 Å². The predicted octanol–water partition coefficient (Wildman–Crippen LogP) is 4.52. The number of hydrogen-bond donors (Lipinski definition) is 2. The predicted molar refractivity (Wildman–Crippen MR) is 104 cm³/mol. The summed E-state index contributed by atoms with van der Waals surface area (Å²) in [6, 6.07) is 9.65. The van der Waals surface area contributed by atoms with Crippen molar-refractivity contribution < 1.29 is 9.53 Å². The van der Waals surface area contributed by atoms with Crippen LogP contribution in [0.2, 0.25) is 0 Å². The minimum absolute atomic E-state index is 0.0453. The summed E-state index contributed by atoms with van der Waals surface area (Å²) >= 11 is 3.59. The Labute approximate surface area is 159 Å². The third kappa shape index (κ3) is 3.19. The number of amides is 1. The number of nitrogens with zero attached hydrogens (tertiary/aromatic N) is 2. The summed E-state index contributed by atoms with van der Waals surface area (Å²) in [5.41, 5.74) is 2.35. The Hall–Kier alpha value is -2.41. The maximum absolute atomic E-state index is 12.4. The van der Waals surface area contributed by atoms with Crippen LogP contribution in [0.25, 0.3) is 22.3 Å². The molecule has 7 heteroatoms. The number of carbonyl (C=O) groups is 1. The molecule has 2 N–H and O–H groups in total. The van der Waals surface area contributed by atoms with E-state index < -0.39 is 0 Å². The van der Waals surface area contributed by atoms with Gasteiger partial charge in [0.15, 0.2) is 11.5 Å². The Bertz CT molecular complexity index is 963. The molecule has 1 fully saturated rings. The van der Waals surface area contributed by atoms with Crippen LogP contribution < -0.4 is 10.1 Å². The van der Waals surface area contributed by atoms with E-state index in [2.05, 4.69) is 36.4 Å². The zero-order chi connectivity index (χ0) is 18.1. The molecule has 0 spiro atoms. The molecule has 0 unspecified atom stereocenters. The van der Waals surface area contributed by atoms with Crippen molar-refractivity contribution in [1.82, 2.24) is 15.2 Å². The van der Waals surface area contributed by atoms with Crippen molar-refractivity contribution in [3.05, 3.63) is 34.8 Å². The van der Waals surface area contributed by atoms with Crippen LogP contribution in [0.1, 0.15) is 25.7 Å². The van der Waals surface area contributed by atoms with Gasteiger partial charge in [-0.05, 0) is 47.0 Å². The number of methoxy groups -OCH3 is 1. The number of ether oxygens (including phenoxy) is 1. The smallest absolute Gasteiger partial charge is 0.228 e. The van der Waals surface area contributed by atoms with E-state index in [1.54, 1.807) is 7.11 Å². The molecular formula is C19H19BrN4O2. The molecule has 6 nitrogen and oxygen atoms in total. The van der Waals surface area contributed by atoms with Crippen LogP contribution in [0.3, 0.4) is 0 Å². The molecule has 2 heterocycles. The molecule has 0 saturated heterocycles. The molecule has 4 rings (SSSR count). The van der Waals surface area contributed by atoms with Crippen molar-refractivity contribution in [2.75, 3.05) is 12.4 Å². The highest BCUT2D eigenvalue weighted by atomic mass is 79.9. The van der Waals surface area contributed by atoms with Crippen molar-refractivity contribution in [2.45, 2.75) is 25.7 Å². The summed E-state index contributed by atoms with van der Waals surface area (Å²) in [5, 5.41) is 10.9. The third-order valence-electron chi connectivity index (χ3n) is 4.82. The molecule has 0 bridgehead atoms. The Morgan fingerprint density at radius 1 is 1.31 bits per heavy atom. The van der Waals surface area contributed by atoms with Crippen molar-refractivity contribution in [1.29, 1.82) is 0 Å². The van der Waals surface area contributed by atoms with Gasteiger partial charge >= 0.3 is 0 Å². The van der Waals surface area contributed by atoms with Gasteiger partial charge in [-0.3, -0.25) is 9.89 Å². The maximum Gasteiger partial charge on any atom is 0.228 e. The topological polar surface area (TPSA) is 79.9 Å². The highest BCUT2D eigenvalue weighted by molar-refractivity contribution is 9.10. The summed E-state index contributed by atoms with van der Waals surface area (Å²) in [7, 11) is 1.64. The summed E-state index contributed by atoms with van der Waals surface area (Å²) in [6.07, 6.45) is 4.15. The SMILES string of the molecule is COc1cccc(-c2nc3[nH]nc(NC(=O)C4CCCC4)c3cc2Br)c1. The minimum atomic E-state index is 0.0453. The fourth-order valence-electron chi connectivity index (χ4n) is 3.40. The Morgan fingerprint density at radius 3 is 2.88 bits per heavy atom. The summed E-state index contributed by atoms with van der Waals surface area (Å²) in [4.78, 5) is 17.1. The Kier molecular flexibility index (Phi) is 4.63. The summed E-state index contributed by atoms with van der Waals surface area (Å²) in [6.45, 7) is 0. The van der Waals surface area contributed by atoms with Gasteiger partial charge in [-0.15, -0.1) is 0 Å². The highest BCUT2D eigenvalue weighted by Crippen LogP contribution is 2.33. The van der Waals surface area contributed by atoms with Gasteiger partial charge < -0.3 is 10.1 Å². The van der Waals surface area contributed by atoms with Crippen molar-refractivity contribution >= 4 is 38.7 Å². The molecule has 1 saturated carbocycles. The van der Waals surface area contributed by atoms with E-state index in [1.807, 2.05) is 30.3 Å². The number of nitrogens with one attached hydrogen (secondary N) is 2. The number of fused-ring (bicyclic) bond motifs is 1. The van der Waals surface area contributed by atoms with Gasteiger partial charge in [-0.2, -0.15) is 5.10 Å². The fraction of sp³-hybridized carbons (Fsp3) is 0.316. The van der Waals surface area contributed by atoms with Crippen LogP contribution in [0.5, 0.6) is 5.75 Å². The first kappa shape index (κ1) is 17.0. The molecule has 1 aliphatic carbocycles. The highest BCUT2D eigenvalue weighted by Gasteiger charge is 2.24. The van der Waals surface area contributed by atoms with Crippen LogP contribution >= 0.6 is 15.9 Å². The van der Waals surface area contributed by atoms with Gasteiger partial charge in [-0.25, -0.2) is 4.98 Å². The number of H-pyrrole nitrogens is 1. The van der Waals surface area contributed by atoms with Crippen LogP contribution in [0.15, 0.2) is 34.8 Å². The lowest BCUT2D eigenvalue weighted by Crippen LogP contribution is -2.20. The summed E-state index contributed by atoms with van der Waals surface area (Å²) in [5.74, 6) is 1.44. The van der Waals surface area contributed by atoms with Gasteiger partial charge in [-0.1, -0.05) is 25.0 Å². The van der Waals surface area contributed by atoms with Gasteiger partial charge in [0.1, 0.15) is 5.75 Å². The first-order valence-electron chi connectivity index (χ1n) is 8.65. The normalized spacial score (nSPS) is 14.7. The van der Waals surface area contributed by atoms with Crippen LogP contribution in [0.4, 0.5) is 5.82 Å². The second kappa shape index (κ2) is 7.07. The lowest BCUT2D eigenvalue weighted by atomic mass is 10.1. The number of rotatable bonds is 4. The largest absolute Gasteiger partial charge is 0.497 e. The van der Waals surface area contributed by atoms with Crippen LogP contribution in [-0.2, 0) is 4.79 Å². The van der Waals surface area contributed by atoms with E-state index in [4.69, 9.17) is 4.74 Å². The number of halogens is 1. The average Bonchev–Trinajstić information content (AvgIpc) is 3.32. The van der Waals surface area contributed by atoms with E-state index in [0.29, 0.717) is 11.5 Å². The van der Waals surface area contributed by atoms with Gasteiger partial charge in [0, 0.05) is 16.0 Å². The molecule has 1 aliphatic rings. The first-order chi connectivity index (χ1) is 12.7. The number of benzene rings is 1. The standard InChI is InChI=1S/C19H19BrN4O2/c1-26-13-8-4-7-12(9-13)16-15(20)10-14-17(21-16)23-24-18(14)22-19(25)11-5-2-3-6-11/h4,7-11H,2-3,5-6H2,1H3,(H2,21,22,23,24,25). The lowest BCUT2D eigenvalue weighted by molar-refractivity contribution is -0.119. The molecular weight excluding hydrogens is 396 g/mol. The van der Waals surface area contributed by atoms with Crippen molar-refractivity contribution in [3.8, 4) is 17.0 Å². The quantitative estimate of drug-likeness (QED) is 0.657. The number of aromatic amines is 1. The van der Waals surface area contributed by atoms with Gasteiger partial charge in [0.05, 0.1) is 18.2 Å². The number of aromatic nitrogens is 3. The summed E-state index contributed by atoms with van der Waals surface area (Å²) < 4.78 is 6.12. The van der Waals surface area contributed by atoms with Gasteiger partial charge in [0.25, 0.3) is 0 Å². The third-order valence-corrected chi connectivity index (χ3v) is 5.42.